The summed E-state index contributed by atoms with van der Waals surface area (Å²) in [4.78, 5) is 41.4. The summed E-state index contributed by atoms with van der Waals surface area (Å²) in [6.45, 7) is 1.83. The second-order valence-electron chi connectivity index (χ2n) is 10.5. The number of benzene rings is 2. The third-order valence-corrected chi connectivity index (χ3v) is 8.12. The summed E-state index contributed by atoms with van der Waals surface area (Å²) >= 11 is 0. The highest BCUT2D eigenvalue weighted by Gasteiger charge is 2.37. The number of rotatable bonds is 3. The molecule has 35 heavy (non-hydrogen) atoms. The Labute approximate surface area is 204 Å². The van der Waals surface area contributed by atoms with E-state index in [4.69, 9.17) is 0 Å². The zero-order valence-corrected chi connectivity index (χ0v) is 19.9. The average Bonchev–Trinajstić information content (AvgIpc) is 2.90. The largest absolute Gasteiger partial charge is 0.338 e. The minimum Gasteiger partial charge on any atom is -0.338 e. The van der Waals surface area contributed by atoms with Gasteiger partial charge in [0.1, 0.15) is 5.69 Å². The smallest absolute Gasteiger partial charge is 0.274 e. The Morgan fingerprint density at radius 3 is 2.49 bits per heavy atom. The van der Waals surface area contributed by atoms with Crippen LogP contribution in [0.4, 0.5) is 5.69 Å². The molecule has 2 bridgehead atoms. The van der Waals surface area contributed by atoms with Gasteiger partial charge in [0.25, 0.3) is 11.5 Å². The van der Waals surface area contributed by atoms with Gasteiger partial charge in [0.05, 0.1) is 0 Å². The Morgan fingerprint density at radius 2 is 1.66 bits per heavy atom. The van der Waals surface area contributed by atoms with Crippen molar-refractivity contribution in [2.45, 2.75) is 51.0 Å². The topological polar surface area (TPSA) is 71.4 Å². The lowest BCUT2D eigenvalue weighted by atomic mass is 9.82. The molecule has 1 saturated carbocycles. The number of anilines is 1. The summed E-state index contributed by atoms with van der Waals surface area (Å²) in [5.41, 5.74) is 1.95. The lowest BCUT2D eigenvalue weighted by Gasteiger charge is -2.43. The van der Waals surface area contributed by atoms with Crippen LogP contribution in [0.25, 0.3) is 10.8 Å². The van der Waals surface area contributed by atoms with Crippen molar-refractivity contribution in [1.29, 1.82) is 0 Å². The minimum atomic E-state index is -0.115. The fraction of sp³-hybridized carbons (Fsp3) is 0.414. The minimum absolute atomic E-state index is 0.0123. The summed E-state index contributed by atoms with van der Waals surface area (Å²) in [6.07, 6.45) is 6.15. The molecule has 2 atom stereocenters. The zero-order valence-electron chi connectivity index (χ0n) is 19.9. The molecule has 1 N–H and O–H groups in total. The second-order valence-corrected chi connectivity index (χ2v) is 10.5. The Bertz CT molecular complexity index is 1350. The summed E-state index contributed by atoms with van der Waals surface area (Å²) in [5, 5.41) is 5.11. The average molecular weight is 470 g/mol. The van der Waals surface area contributed by atoms with Gasteiger partial charge >= 0.3 is 0 Å². The maximum Gasteiger partial charge on any atom is 0.274 e. The fourth-order valence-corrected chi connectivity index (χ4v) is 6.31. The number of amides is 2. The molecule has 6 rings (SSSR count). The van der Waals surface area contributed by atoms with E-state index >= 15 is 0 Å². The molecule has 1 saturated heterocycles. The van der Waals surface area contributed by atoms with Gasteiger partial charge < -0.3 is 14.8 Å². The maximum atomic E-state index is 13.4. The number of nitrogens with one attached hydrogen (secondary N) is 1. The molecule has 3 aromatic rings. The van der Waals surface area contributed by atoms with Gasteiger partial charge in [-0.15, -0.1) is 0 Å². The van der Waals surface area contributed by atoms with E-state index in [-0.39, 0.29) is 35.1 Å². The molecule has 0 spiro atoms. The molecule has 2 aromatic carbocycles. The van der Waals surface area contributed by atoms with Gasteiger partial charge in [0.15, 0.2) is 0 Å². The maximum absolute atomic E-state index is 13.4. The van der Waals surface area contributed by atoms with Crippen molar-refractivity contribution >= 4 is 28.3 Å². The highest BCUT2D eigenvalue weighted by atomic mass is 16.2. The van der Waals surface area contributed by atoms with Crippen molar-refractivity contribution in [1.82, 2.24) is 9.47 Å². The van der Waals surface area contributed by atoms with Crippen LogP contribution in [0.1, 0.15) is 60.5 Å². The highest BCUT2D eigenvalue weighted by Crippen LogP contribution is 2.36. The number of aromatic nitrogens is 1. The SMILES string of the molecule is O=C(Nc1ccc2n(c1=O)C[C@H]1C[C@@H]2CN(C(=O)c2ccc3ccccc3c2)C1)C1CCCCC1. The number of hydrogen-bond donors (Lipinski definition) is 1. The van der Waals surface area contributed by atoms with Crippen LogP contribution in [0.3, 0.4) is 0 Å². The number of carbonyl (C=O) groups is 2. The molecule has 6 heteroatoms. The molecule has 180 valence electrons. The number of piperidine rings is 1. The van der Waals surface area contributed by atoms with Gasteiger partial charge in [-0.3, -0.25) is 14.4 Å². The van der Waals surface area contributed by atoms with Crippen LogP contribution < -0.4 is 10.9 Å². The Morgan fingerprint density at radius 1 is 0.857 bits per heavy atom. The van der Waals surface area contributed by atoms with E-state index in [2.05, 4.69) is 11.4 Å². The summed E-state index contributed by atoms with van der Waals surface area (Å²) in [6, 6.07) is 17.7. The predicted molar refractivity (Wildman–Crippen MR) is 137 cm³/mol. The standard InChI is InChI=1S/C29H31N3O3/c33-27(21-7-2-1-3-8-21)30-25-12-13-26-24-14-19(17-32(26)29(25)35)16-31(18-24)28(34)23-11-10-20-6-4-5-9-22(20)15-23/h4-6,9-13,15,19,21,24H,1-3,7-8,14,16-18H2,(H,30,33)/t19-,24+/m0/s1. The lowest BCUT2D eigenvalue weighted by molar-refractivity contribution is -0.120. The number of nitrogens with zero attached hydrogens (tertiary/aromatic N) is 2. The van der Waals surface area contributed by atoms with E-state index in [1.54, 1.807) is 6.07 Å². The van der Waals surface area contributed by atoms with Crippen molar-refractivity contribution in [2.75, 3.05) is 18.4 Å². The first-order valence-corrected chi connectivity index (χ1v) is 12.9. The monoisotopic (exact) mass is 469 g/mol. The summed E-state index contributed by atoms with van der Waals surface area (Å²) in [7, 11) is 0. The van der Waals surface area contributed by atoms with Gasteiger partial charge in [-0.2, -0.15) is 0 Å². The summed E-state index contributed by atoms with van der Waals surface area (Å²) in [5.74, 6) is 0.400. The molecule has 1 aliphatic carbocycles. The molecule has 2 aliphatic heterocycles. The van der Waals surface area contributed by atoms with Gasteiger partial charge in [0.2, 0.25) is 5.91 Å². The molecule has 0 radical (unpaired) electrons. The van der Waals surface area contributed by atoms with E-state index in [9.17, 15) is 14.4 Å². The van der Waals surface area contributed by atoms with E-state index < -0.39 is 0 Å². The normalized spacial score (nSPS) is 22.0. The van der Waals surface area contributed by atoms with Gasteiger partial charge in [-0.25, -0.2) is 0 Å². The van der Waals surface area contributed by atoms with Crippen molar-refractivity contribution in [3.8, 4) is 0 Å². The first-order valence-electron chi connectivity index (χ1n) is 12.9. The molecule has 3 aliphatic rings. The van der Waals surface area contributed by atoms with Crippen molar-refractivity contribution < 1.29 is 9.59 Å². The number of pyridine rings is 1. The summed E-state index contributed by atoms with van der Waals surface area (Å²) < 4.78 is 1.84. The van der Waals surface area contributed by atoms with Crippen LogP contribution in [-0.4, -0.2) is 34.4 Å². The number of fused-ring (bicyclic) bond motifs is 5. The van der Waals surface area contributed by atoms with Crippen LogP contribution in [0.5, 0.6) is 0 Å². The van der Waals surface area contributed by atoms with Crippen molar-refractivity contribution in [3.63, 3.8) is 0 Å². The van der Waals surface area contributed by atoms with Crippen LogP contribution in [0.2, 0.25) is 0 Å². The molecule has 1 aromatic heterocycles. The fourth-order valence-electron chi connectivity index (χ4n) is 6.31. The lowest BCUT2D eigenvalue weighted by Crippen LogP contribution is -2.49. The molecule has 2 fully saturated rings. The number of likely N-dealkylation sites (tertiary alicyclic amines) is 1. The van der Waals surface area contributed by atoms with Crippen LogP contribution >= 0.6 is 0 Å². The Balaban J connectivity index is 1.21. The van der Waals surface area contributed by atoms with E-state index in [1.165, 1.54) is 6.42 Å². The Kier molecular flexibility index (Phi) is 5.67. The second kappa shape index (κ2) is 8.99. The molecular formula is C29H31N3O3. The number of carbonyl (C=O) groups excluding carboxylic acids is 2. The molecule has 6 nitrogen and oxygen atoms in total. The first kappa shape index (κ1) is 22.1. The van der Waals surface area contributed by atoms with Gasteiger partial charge in [0, 0.05) is 42.7 Å². The molecule has 3 heterocycles. The van der Waals surface area contributed by atoms with E-state index in [1.807, 2.05) is 51.9 Å². The predicted octanol–water partition coefficient (Wildman–Crippen LogP) is 4.78. The van der Waals surface area contributed by atoms with Crippen molar-refractivity contribution in [3.05, 3.63) is 76.2 Å². The highest BCUT2D eigenvalue weighted by molar-refractivity contribution is 5.98. The third-order valence-electron chi connectivity index (χ3n) is 8.12. The first-order chi connectivity index (χ1) is 17.1. The van der Waals surface area contributed by atoms with E-state index in [0.717, 1.165) is 48.6 Å². The third kappa shape index (κ3) is 4.15. The van der Waals surface area contributed by atoms with E-state index in [0.29, 0.717) is 30.9 Å². The van der Waals surface area contributed by atoms with Gasteiger partial charge in [-0.1, -0.05) is 49.6 Å². The van der Waals surface area contributed by atoms with Crippen LogP contribution in [0, 0.1) is 11.8 Å². The van der Waals surface area contributed by atoms with Gasteiger partial charge in [-0.05, 0) is 60.2 Å². The van der Waals surface area contributed by atoms with Crippen molar-refractivity contribution in [2.24, 2.45) is 11.8 Å². The molecule has 0 unspecified atom stereocenters. The quantitative estimate of drug-likeness (QED) is 0.600. The van der Waals surface area contributed by atoms with Crippen LogP contribution in [0.15, 0.2) is 59.4 Å². The van der Waals surface area contributed by atoms with Crippen LogP contribution in [-0.2, 0) is 11.3 Å². The Hall–Kier alpha value is -3.41. The molecule has 2 amide bonds. The number of hydrogen-bond acceptors (Lipinski definition) is 3. The zero-order chi connectivity index (χ0) is 23.9. The molecular weight excluding hydrogens is 438 g/mol.